The van der Waals surface area contributed by atoms with Crippen LogP contribution in [-0.2, 0) is 32.8 Å². The van der Waals surface area contributed by atoms with Crippen molar-refractivity contribution in [1.29, 1.82) is 0 Å². The van der Waals surface area contributed by atoms with Crippen LogP contribution in [-0.4, -0.2) is 68.7 Å². The number of carbonyl (C=O) groups is 2. The van der Waals surface area contributed by atoms with Crippen LogP contribution >= 0.6 is 7.75 Å². The van der Waals surface area contributed by atoms with Crippen LogP contribution in [0.25, 0.3) is 11.2 Å². The van der Waals surface area contributed by atoms with E-state index in [2.05, 4.69) is 32.9 Å². The number of halogens is 1. The molecule has 0 aliphatic carbocycles. The van der Waals surface area contributed by atoms with Gasteiger partial charge in [0.15, 0.2) is 28.7 Å². The van der Waals surface area contributed by atoms with Gasteiger partial charge in [-0.3, -0.25) is 13.9 Å². The van der Waals surface area contributed by atoms with Crippen LogP contribution in [0.4, 0.5) is 15.0 Å². The zero-order valence-electron chi connectivity index (χ0n) is 29.3. The summed E-state index contributed by atoms with van der Waals surface area (Å²) < 4.78 is 64.1. The van der Waals surface area contributed by atoms with Gasteiger partial charge in [-0.05, 0) is 39.3 Å². The Morgan fingerprint density at radius 1 is 1.16 bits per heavy atom. The Morgan fingerprint density at radius 3 is 2.55 bits per heavy atom. The Kier molecular flexibility index (Phi) is 14.2. The summed E-state index contributed by atoms with van der Waals surface area (Å²) in [5.74, 6) is 1.74. The number of hydrogen-bond acceptors (Lipinski definition) is 13. The molecule has 0 radical (unpaired) electrons. The maximum absolute atomic E-state index is 14.3. The summed E-state index contributed by atoms with van der Waals surface area (Å²) in [7, 11) is -4.44. The molecular weight excluding hydrogens is 686 g/mol. The molecule has 0 spiro atoms. The van der Waals surface area contributed by atoms with Crippen molar-refractivity contribution < 1.29 is 46.5 Å². The number of nitrogens with one attached hydrogen (secondary N) is 1. The minimum absolute atomic E-state index is 0.00348. The molecule has 3 aromatic rings. The highest BCUT2D eigenvalue weighted by atomic mass is 31.2. The first-order valence-corrected chi connectivity index (χ1v) is 18.5. The number of anilines is 1. The highest BCUT2D eigenvalue weighted by molar-refractivity contribution is 7.52. The molecule has 1 fully saturated rings. The first-order chi connectivity index (χ1) is 24.4. The largest absolute Gasteiger partial charge is 0.508 e. The number of imidazole rings is 1. The quantitative estimate of drug-likeness (QED) is 0.0463. The van der Waals surface area contributed by atoms with Crippen LogP contribution in [0.5, 0.6) is 5.75 Å². The van der Waals surface area contributed by atoms with Gasteiger partial charge in [0, 0.05) is 6.42 Å². The van der Waals surface area contributed by atoms with E-state index < -0.39 is 62.6 Å². The minimum atomic E-state index is -4.44. The number of rotatable bonds is 19. The second-order valence-corrected chi connectivity index (χ2v) is 14.1. The molecule has 1 aliphatic heterocycles. The van der Waals surface area contributed by atoms with Gasteiger partial charge < -0.3 is 29.2 Å². The molecule has 0 saturated carbocycles. The molecule has 3 N–H and O–H groups in total. The molecule has 278 valence electrons. The summed E-state index contributed by atoms with van der Waals surface area (Å²) >= 11 is 0. The fraction of sp³-hybridized carbons (Fsp3) is 0.559. The highest BCUT2D eigenvalue weighted by Gasteiger charge is 2.53. The third-order valence-electron chi connectivity index (χ3n) is 7.94. The number of ether oxygens (including phenoxy) is 4. The first kappa shape index (κ1) is 39.5. The van der Waals surface area contributed by atoms with Crippen molar-refractivity contribution in [1.82, 2.24) is 24.6 Å². The molecule has 1 aliphatic rings. The van der Waals surface area contributed by atoms with Gasteiger partial charge in [0.1, 0.15) is 24.6 Å². The maximum Gasteiger partial charge on any atom is 0.508 e. The summed E-state index contributed by atoms with van der Waals surface area (Å²) in [4.78, 5) is 37.1. The van der Waals surface area contributed by atoms with Gasteiger partial charge >= 0.3 is 25.9 Å². The van der Waals surface area contributed by atoms with E-state index in [1.54, 1.807) is 32.0 Å². The predicted octanol–water partition coefficient (Wildman–Crippen LogP) is 6.24. The Morgan fingerprint density at radius 2 is 1.86 bits per heavy atom. The van der Waals surface area contributed by atoms with Crippen LogP contribution in [0, 0.1) is 18.4 Å². The van der Waals surface area contributed by atoms with Crippen molar-refractivity contribution in [2.24, 2.45) is 0 Å². The number of benzene rings is 1. The summed E-state index contributed by atoms with van der Waals surface area (Å²) in [6, 6.07) is 6.97. The second-order valence-electron chi connectivity index (χ2n) is 12.4. The van der Waals surface area contributed by atoms with Gasteiger partial charge in [0.2, 0.25) is 0 Å². The van der Waals surface area contributed by atoms with E-state index in [0.717, 1.165) is 32.1 Å². The number of unbranched alkanes of at least 4 members (excludes halogenated alkanes) is 6. The Balaban J connectivity index is 1.57. The van der Waals surface area contributed by atoms with E-state index in [4.69, 9.17) is 40.2 Å². The van der Waals surface area contributed by atoms with Crippen LogP contribution in [0.15, 0.2) is 36.7 Å². The topological polar surface area (TPSA) is 188 Å². The lowest BCUT2D eigenvalue weighted by Crippen LogP contribution is -2.46. The molecule has 17 heteroatoms. The fourth-order valence-corrected chi connectivity index (χ4v) is 6.87. The number of esters is 1. The molecule has 4 rings (SSSR count). The summed E-state index contributed by atoms with van der Waals surface area (Å²) in [6.45, 7) is 6.38. The fourth-order valence-electron chi connectivity index (χ4n) is 5.35. The number of terminal acetylenes is 1. The molecule has 1 saturated heterocycles. The van der Waals surface area contributed by atoms with Gasteiger partial charge in [0.05, 0.1) is 19.0 Å². The van der Waals surface area contributed by atoms with Crippen molar-refractivity contribution in [3.63, 3.8) is 0 Å². The lowest BCUT2D eigenvalue weighted by atomic mass is 9.99. The molecular formula is C34H46FN6O9P. The minimum Gasteiger partial charge on any atom is -0.462 e. The van der Waals surface area contributed by atoms with Crippen LogP contribution in [0.3, 0.4) is 0 Å². The molecule has 51 heavy (non-hydrogen) atoms. The second kappa shape index (κ2) is 18.3. The van der Waals surface area contributed by atoms with Crippen molar-refractivity contribution in [2.45, 2.75) is 109 Å². The van der Waals surface area contributed by atoms with Crippen molar-refractivity contribution >= 4 is 36.9 Å². The molecule has 3 heterocycles. The van der Waals surface area contributed by atoms with E-state index in [0.29, 0.717) is 6.42 Å². The maximum atomic E-state index is 14.3. The van der Waals surface area contributed by atoms with Crippen molar-refractivity contribution in [3.8, 4) is 18.1 Å². The number of aromatic nitrogens is 4. The van der Waals surface area contributed by atoms with Gasteiger partial charge in [-0.2, -0.15) is 19.4 Å². The van der Waals surface area contributed by atoms with Gasteiger partial charge in [-0.1, -0.05) is 69.6 Å². The predicted molar refractivity (Wildman–Crippen MR) is 185 cm³/mol. The van der Waals surface area contributed by atoms with Gasteiger partial charge in [-0.25, -0.2) is 14.3 Å². The normalized spacial score (nSPS) is 20.4. The van der Waals surface area contributed by atoms with Crippen molar-refractivity contribution in [3.05, 3.63) is 42.7 Å². The number of nitrogens with two attached hydrogens (primary N) is 1. The first-order valence-electron chi connectivity index (χ1n) is 17.0. The lowest BCUT2D eigenvalue weighted by molar-refractivity contribution is -0.149. The van der Waals surface area contributed by atoms with Crippen LogP contribution in [0.2, 0.25) is 0 Å². The molecule has 0 bridgehead atoms. The molecule has 5 atom stereocenters. The van der Waals surface area contributed by atoms with Crippen molar-refractivity contribution in [2.75, 3.05) is 18.9 Å². The van der Waals surface area contributed by atoms with E-state index in [1.807, 2.05) is 0 Å². The van der Waals surface area contributed by atoms with Gasteiger partial charge in [-0.15, -0.1) is 6.42 Å². The van der Waals surface area contributed by atoms with E-state index in [-0.39, 0.29) is 35.8 Å². The Bertz CT molecular complexity index is 1700. The highest BCUT2D eigenvalue weighted by Crippen LogP contribution is 2.48. The van der Waals surface area contributed by atoms with Gasteiger partial charge in [0.25, 0.3) is 0 Å². The number of nitrogens with zero attached hydrogens (tertiary/aromatic N) is 4. The monoisotopic (exact) mass is 732 g/mol. The summed E-state index contributed by atoms with van der Waals surface area (Å²) in [6.07, 6.45) is 9.57. The molecule has 15 nitrogen and oxygen atoms in total. The molecule has 2 aromatic heterocycles. The number of hydrogen-bond donors (Lipinski definition) is 2. The number of fused-ring (bicyclic) bond motifs is 1. The SMILES string of the molecule is C#C[C@]1(CO[P@@](=O)(N[C@@H](C)C(=O)OC(C)C)Oc2ccccc2)O[C@@H](n2cnc3c(N)nc(F)nc32)C[C@@H]1OC(=O)OCCCCCCCCC. The van der Waals surface area contributed by atoms with Crippen LogP contribution in [0.1, 0.15) is 85.3 Å². The third kappa shape index (κ3) is 10.9. The van der Waals surface area contributed by atoms with Crippen LogP contribution < -0.4 is 15.3 Å². The summed E-state index contributed by atoms with van der Waals surface area (Å²) in [5, 5.41) is 2.59. The number of para-hydroxylation sites is 1. The third-order valence-corrected chi connectivity index (χ3v) is 9.56. The molecule has 0 amide bonds. The molecule has 1 aromatic carbocycles. The van der Waals surface area contributed by atoms with E-state index >= 15 is 0 Å². The Labute approximate surface area is 296 Å². The van der Waals surface area contributed by atoms with E-state index in [9.17, 15) is 18.5 Å². The average Bonchev–Trinajstić information content (AvgIpc) is 3.67. The standard InChI is InChI=1S/C34H46FN6O9P/c1-6-8-9-10-11-12-16-19-45-33(43)48-26-20-27(41-22-37-28-29(36)38-32(35)39-30(28)41)49-34(26,7-2)21-46-51(44,50-25-17-14-13-15-18-25)40-24(5)31(42)47-23(3)4/h2,13-15,17-18,22-24,26-27H,6,8-12,16,19-21H2,1,3-5H3,(H,40,44)(H2,36,38,39)/t24-,26-,27+,34+,51-/m0/s1. The lowest BCUT2D eigenvalue weighted by Gasteiger charge is -2.31. The molecule has 0 unspecified atom stereocenters. The number of nitrogen functional groups attached to an aromatic ring is 1. The average molecular weight is 733 g/mol. The zero-order chi connectivity index (χ0) is 37.0. The smallest absolute Gasteiger partial charge is 0.462 e. The Hall–Kier alpha value is -4.29. The number of carbonyl (C=O) groups excluding carboxylic acids is 2. The zero-order valence-corrected chi connectivity index (χ0v) is 30.2. The van der Waals surface area contributed by atoms with E-state index in [1.165, 1.54) is 36.4 Å². The summed E-state index contributed by atoms with van der Waals surface area (Å²) in [5.41, 5.74) is 4.05.